The number of furan rings is 1. The van der Waals surface area contributed by atoms with E-state index >= 15 is 0 Å². The summed E-state index contributed by atoms with van der Waals surface area (Å²) in [6, 6.07) is 16.2. The molecule has 3 aromatic rings. The van der Waals surface area contributed by atoms with Crippen LogP contribution in [0.1, 0.15) is 37.8 Å². The molecule has 0 atom stereocenters. The summed E-state index contributed by atoms with van der Waals surface area (Å²) >= 11 is 0. The van der Waals surface area contributed by atoms with E-state index in [9.17, 15) is 18.0 Å². The van der Waals surface area contributed by atoms with Crippen LogP contribution in [0, 0.1) is 13.8 Å². The van der Waals surface area contributed by atoms with Gasteiger partial charge in [-0.1, -0.05) is 36.4 Å². The summed E-state index contributed by atoms with van der Waals surface area (Å²) in [6.07, 6.45) is 0. The Morgan fingerprint density at radius 2 is 1.60 bits per heavy atom. The highest BCUT2D eigenvalue weighted by atomic mass is 32.2. The van der Waals surface area contributed by atoms with E-state index in [1.807, 2.05) is 18.2 Å². The Hall–Kier alpha value is -3.43. The fourth-order valence-electron chi connectivity index (χ4n) is 2.77. The predicted molar refractivity (Wildman–Crippen MR) is 110 cm³/mol. The third-order valence-electron chi connectivity index (χ3n) is 4.29. The van der Waals surface area contributed by atoms with Gasteiger partial charge in [-0.15, -0.1) is 0 Å². The first kappa shape index (κ1) is 21.3. The van der Waals surface area contributed by atoms with E-state index in [2.05, 4.69) is 15.6 Å². The normalized spacial score (nSPS) is 11.1. The van der Waals surface area contributed by atoms with Gasteiger partial charge in [-0.2, -0.15) is 0 Å². The molecule has 0 saturated heterocycles. The Morgan fingerprint density at radius 3 is 2.27 bits per heavy atom. The summed E-state index contributed by atoms with van der Waals surface area (Å²) in [7, 11) is -3.82. The van der Waals surface area contributed by atoms with Gasteiger partial charge in [0.1, 0.15) is 11.5 Å². The maximum absolute atomic E-state index is 12.5. The third-order valence-corrected chi connectivity index (χ3v) is 5.69. The summed E-state index contributed by atoms with van der Waals surface area (Å²) < 4.78 is 32.9. The minimum Gasteiger partial charge on any atom is -0.466 e. The van der Waals surface area contributed by atoms with Crippen LogP contribution in [0.15, 0.2) is 70.0 Å². The van der Waals surface area contributed by atoms with Gasteiger partial charge in [0.25, 0.3) is 11.8 Å². The van der Waals surface area contributed by atoms with E-state index in [0.29, 0.717) is 17.1 Å². The summed E-state index contributed by atoms with van der Waals surface area (Å²) in [5.41, 5.74) is 5.76. The number of aryl methyl sites for hydroxylation is 2. The summed E-state index contributed by atoms with van der Waals surface area (Å²) in [4.78, 5) is 24.5. The molecule has 2 amide bonds. The first-order valence-corrected chi connectivity index (χ1v) is 10.6. The fourth-order valence-corrected chi connectivity index (χ4v) is 3.83. The van der Waals surface area contributed by atoms with Gasteiger partial charge in [-0.25, -0.2) is 13.1 Å². The highest BCUT2D eigenvalue weighted by molar-refractivity contribution is 7.89. The Bertz CT molecular complexity index is 1170. The molecule has 156 valence electrons. The average Bonchev–Trinajstić information content (AvgIpc) is 3.09. The highest BCUT2D eigenvalue weighted by Crippen LogP contribution is 2.14. The van der Waals surface area contributed by atoms with Crippen LogP contribution in [-0.4, -0.2) is 20.2 Å². The van der Waals surface area contributed by atoms with Crippen molar-refractivity contribution in [1.82, 2.24) is 15.6 Å². The molecule has 1 aromatic heterocycles. The molecule has 0 radical (unpaired) electrons. The standard InChI is InChI=1S/C21H21N3O5S/c1-14-11-19(15(2)29-14)21(26)24-23-20(25)17-9-6-10-18(12-17)30(27,28)22-13-16-7-4-3-5-8-16/h3-12,22H,13H2,1-2H3,(H,23,25)(H,24,26). The van der Waals surface area contributed by atoms with E-state index in [-0.39, 0.29) is 17.0 Å². The number of hydrazine groups is 1. The minimum atomic E-state index is -3.82. The minimum absolute atomic E-state index is 0.0567. The molecule has 0 fully saturated rings. The monoisotopic (exact) mass is 427 g/mol. The van der Waals surface area contributed by atoms with Crippen molar-refractivity contribution in [3.05, 3.63) is 88.9 Å². The zero-order chi connectivity index (χ0) is 21.7. The van der Waals surface area contributed by atoms with E-state index in [0.717, 1.165) is 5.56 Å². The lowest BCUT2D eigenvalue weighted by molar-refractivity contribution is 0.0845. The lowest BCUT2D eigenvalue weighted by Crippen LogP contribution is -2.41. The van der Waals surface area contributed by atoms with Crippen LogP contribution in [0.4, 0.5) is 0 Å². The maximum atomic E-state index is 12.5. The summed E-state index contributed by atoms with van der Waals surface area (Å²) in [5.74, 6) is -0.186. The Labute approximate surface area is 174 Å². The first-order chi connectivity index (χ1) is 14.3. The van der Waals surface area contributed by atoms with Crippen LogP contribution < -0.4 is 15.6 Å². The topological polar surface area (TPSA) is 118 Å². The SMILES string of the molecule is Cc1cc(C(=O)NNC(=O)c2cccc(S(=O)(=O)NCc3ccccc3)c2)c(C)o1. The number of amides is 2. The Balaban J connectivity index is 1.65. The van der Waals surface area contributed by atoms with Gasteiger partial charge in [0.15, 0.2) is 0 Å². The summed E-state index contributed by atoms with van der Waals surface area (Å²) in [6.45, 7) is 3.47. The van der Waals surface area contributed by atoms with Gasteiger partial charge in [-0.3, -0.25) is 20.4 Å². The van der Waals surface area contributed by atoms with Crippen molar-refractivity contribution in [3.63, 3.8) is 0 Å². The largest absolute Gasteiger partial charge is 0.466 e. The molecule has 1 heterocycles. The molecule has 8 nitrogen and oxygen atoms in total. The van der Waals surface area contributed by atoms with E-state index in [1.54, 1.807) is 32.0 Å². The number of rotatable bonds is 6. The molecule has 0 unspecified atom stereocenters. The maximum Gasteiger partial charge on any atom is 0.273 e. The van der Waals surface area contributed by atoms with Crippen molar-refractivity contribution in [2.45, 2.75) is 25.3 Å². The molecule has 30 heavy (non-hydrogen) atoms. The van der Waals surface area contributed by atoms with Crippen LogP contribution >= 0.6 is 0 Å². The smallest absolute Gasteiger partial charge is 0.273 e. The molecule has 9 heteroatoms. The number of sulfonamides is 1. The second kappa shape index (κ2) is 8.93. The number of nitrogens with one attached hydrogen (secondary N) is 3. The van der Waals surface area contributed by atoms with Crippen molar-refractivity contribution in [3.8, 4) is 0 Å². The van der Waals surface area contributed by atoms with Gasteiger partial charge < -0.3 is 4.42 Å². The van der Waals surface area contributed by atoms with Crippen molar-refractivity contribution in [2.75, 3.05) is 0 Å². The number of carbonyl (C=O) groups excluding carboxylic acids is 2. The number of benzene rings is 2. The van der Waals surface area contributed by atoms with Crippen LogP contribution in [0.25, 0.3) is 0 Å². The molecular formula is C21H21N3O5S. The number of hydrogen-bond donors (Lipinski definition) is 3. The molecule has 3 rings (SSSR count). The zero-order valence-corrected chi connectivity index (χ0v) is 17.2. The average molecular weight is 427 g/mol. The Kier molecular flexibility index (Phi) is 6.34. The fraction of sp³-hybridized carbons (Fsp3) is 0.143. The van der Waals surface area contributed by atoms with E-state index < -0.39 is 21.8 Å². The predicted octanol–water partition coefficient (Wildman–Crippen LogP) is 2.45. The summed E-state index contributed by atoms with van der Waals surface area (Å²) in [5, 5.41) is 0. The van der Waals surface area contributed by atoms with Crippen molar-refractivity contribution >= 4 is 21.8 Å². The number of carbonyl (C=O) groups is 2. The second-order valence-corrected chi connectivity index (χ2v) is 8.34. The van der Waals surface area contributed by atoms with E-state index in [4.69, 9.17) is 4.42 Å². The molecule has 0 bridgehead atoms. The van der Waals surface area contributed by atoms with Crippen LogP contribution in [0.2, 0.25) is 0 Å². The van der Waals surface area contributed by atoms with Crippen molar-refractivity contribution in [2.24, 2.45) is 0 Å². The molecule has 3 N–H and O–H groups in total. The lowest BCUT2D eigenvalue weighted by Gasteiger charge is -2.10. The van der Waals surface area contributed by atoms with Crippen molar-refractivity contribution < 1.29 is 22.4 Å². The molecule has 0 aliphatic heterocycles. The van der Waals surface area contributed by atoms with Crippen LogP contribution in [-0.2, 0) is 16.6 Å². The quantitative estimate of drug-likeness (QED) is 0.523. The van der Waals surface area contributed by atoms with Gasteiger partial charge in [0.05, 0.1) is 10.5 Å². The van der Waals surface area contributed by atoms with Crippen LogP contribution in [0.3, 0.4) is 0 Å². The van der Waals surface area contributed by atoms with Crippen LogP contribution in [0.5, 0.6) is 0 Å². The first-order valence-electron chi connectivity index (χ1n) is 9.07. The number of hydrogen-bond acceptors (Lipinski definition) is 5. The highest BCUT2D eigenvalue weighted by Gasteiger charge is 2.18. The molecule has 0 saturated carbocycles. The van der Waals surface area contributed by atoms with Crippen molar-refractivity contribution in [1.29, 1.82) is 0 Å². The molecule has 0 aliphatic carbocycles. The Morgan fingerprint density at radius 1 is 0.900 bits per heavy atom. The third kappa shape index (κ3) is 5.13. The second-order valence-electron chi connectivity index (χ2n) is 6.57. The molecule has 2 aromatic carbocycles. The lowest BCUT2D eigenvalue weighted by atomic mass is 10.2. The molecule has 0 aliphatic rings. The van der Waals surface area contributed by atoms with E-state index in [1.165, 1.54) is 24.3 Å². The van der Waals surface area contributed by atoms with Gasteiger partial charge in [0, 0.05) is 12.1 Å². The molecular weight excluding hydrogens is 406 g/mol. The van der Waals surface area contributed by atoms with Gasteiger partial charge in [-0.05, 0) is 43.7 Å². The zero-order valence-electron chi connectivity index (χ0n) is 16.4. The molecule has 0 spiro atoms. The van der Waals surface area contributed by atoms with Gasteiger partial charge >= 0.3 is 0 Å². The van der Waals surface area contributed by atoms with Gasteiger partial charge in [0.2, 0.25) is 10.0 Å².